The van der Waals surface area contributed by atoms with Crippen molar-refractivity contribution in [3.05, 3.63) is 107 Å². The summed E-state index contributed by atoms with van der Waals surface area (Å²) in [5, 5.41) is 0. The molecule has 0 fully saturated rings. The van der Waals surface area contributed by atoms with Crippen molar-refractivity contribution >= 4 is 15.7 Å². The SMILES string of the molecule is COc1cc(NS(=O)(=O)c2ccc(C)cc2)c([C@@H](c2cccc(C)c2)c2ccc(C)o2)cc1OC. The van der Waals surface area contributed by atoms with Crippen LogP contribution in [0.15, 0.2) is 82.1 Å². The zero-order valence-corrected chi connectivity index (χ0v) is 21.3. The van der Waals surface area contributed by atoms with Crippen LogP contribution >= 0.6 is 0 Å². The van der Waals surface area contributed by atoms with E-state index in [-0.39, 0.29) is 10.8 Å². The van der Waals surface area contributed by atoms with Crippen LogP contribution in [0.4, 0.5) is 5.69 Å². The molecule has 0 radical (unpaired) electrons. The maximum absolute atomic E-state index is 13.4. The summed E-state index contributed by atoms with van der Waals surface area (Å²) in [5.41, 5.74) is 4.07. The summed E-state index contributed by atoms with van der Waals surface area (Å²) < 4.78 is 46.7. The lowest BCUT2D eigenvalue weighted by molar-refractivity contribution is 0.354. The third kappa shape index (κ3) is 5.20. The van der Waals surface area contributed by atoms with Crippen LogP contribution in [0, 0.1) is 20.8 Å². The molecule has 4 rings (SSSR count). The van der Waals surface area contributed by atoms with Gasteiger partial charge in [-0.25, -0.2) is 8.42 Å². The molecule has 7 heteroatoms. The fourth-order valence-electron chi connectivity index (χ4n) is 4.10. The molecule has 0 unspecified atom stereocenters. The number of methoxy groups -OCH3 is 2. The van der Waals surface area contributed by atoms with Crippen molar-refractivity contribution in [2.45, 2.75) is 31.6 Å². The average Bonchev–Trinajstić information content (AvgIpc) is 3.25. The number of nitrogens with one attached hydrogen (secondary N) is 1. The lowest BCUT2D eigenvalue weighted by Gasteiger charge is -2.23. The Morgan fingerprint density at radius 1 is 0.800 bits per heavy atom. The molecular weight excluding hydrogens is 462 g/mol. The highest BCUT2D eigenvalue weighted by Crippen LogP contribution is 2.43. The molecule has 0 saturated carbocycles. The van der Waals surface area contributed by atoms with Gasteiger partial charge in [0.15, 0.2) is 11.5 Å². The molecule has 35 heavy (non-hydrogen) atoms. The minimum Gasteiger partial charge on any atom is -0.493 e. The van der Waals surface area contributed by atoms with Gasteiger partial charge in [0.05, 0.1) is 30.7 Å². The summed E-state index contributed by atoms with van der Waals surface area (Å²) >= 11 is 0. The lowest BCUT2D eigenvalue weighted by atomic mass is 9.87. The fourth-order valence-corrected chi connectivity index (χ4v) is 5.18. The molecule has 0 spiro atoms. The van der Waals surface area contributed by atoms with Gasteiger partial charge in [-0.05, 0) is 62.2 Å². The largest absolute Gasteiger partial charge is 0.493 e. The number of sulfonamides is 1. The van der Waals surface area contributed by atoms with Gasteiger partial charge in [-0.1, -0.05) is 47.5 Å². The third-order valence-corrected chi connectivity index (χ3v) is 7.24. The molecule has 1 N–H and O–H groups in total. The summed E-state index contributed by atoms with van der Waals surface area (Å²) in [5.74, 6) is 1.97. The predicted molar refractivity (Wildman–Crippen MR) is 137 cm³/mol. The zero-order valence-electron chi connectivity index (χ0n) is 20.5. The minimum atomic E-state index is -3.87. The first-order valence-corrected chi connectivity index (χ1v) is 12.7. The van der Waals surface area contributed by atoms with E-state index in [0.29, 0.717) is 28.5 Å². The molecule has 182 valence electrons. The maximum atomic E-state index is 13.4. The smallest absolute Gasteiger partial charge is 0.261 e. The second-order valence-corrected chi connectivity index (χ2v) is 10.2. The number of benzene rings is 3. The summed E-state index contributed by atoms with van der Waals surface area (Å²) in [4.78, 5) is 0.171. The first kappa shape index (κ1) is 24.4. The molecule has 0 bridgehead atoms. The number of hydrogen-bond acceptors (Lipinski definition) is 5. The molecule has 0 saturated heterocycles. The van der Waals surface area contributed by atoms with E-state index >= 15 is 0 Å². The second-order valence-electron chi connectivity index (χ2n) is 8.51. The summed E-state index contributed by atoms with van der Waals surface area (Å²) in [6, 6.07) is 22.0. The number of anilines is 1. The van der Waals surface area contributed by atoms with Gasteiger partial charge < -0.3 is 13.9 Å². The second kappa shape index (κ2) is 9.88. The highest BCUT2D eigenvalue weighted by atomic mass is 32.2. The number of aryl methyl sites for hydroxylation is 3. The molecule has 1 atom stereocenters. The van der Waals surface area contributed by atoms with Crippen molar-refractivity contribution in [2.75, 3.05) is 18.9 Å². The van der Waals surface area contributed by atoms with Crippen LogP contribution in [-0.4, -0.2) is 22.6 Å². The van der Waals surface area contributed by atoms with Crippen molar-refractivity contribution in [2.24, 2.45) is 0 Å². The predicted octanol–water partition coefficient (Wildman–Crippen LogP) is 6.20. The minimum absolute atomic E-state index is 0.171. The van der Waals surface area contributed by atoms with E-state index < -0.39 is 10.0 Å². The van der Waals surface area contributed by atoms with Gasteiger partial charge in [0.25, 0.3) is 10.0 Å². The molecule has 1 heterocycles. The van der Waals surface area contributed by atoms with E-state index in [9.17, 15) is 8.42 Å². The van der Waals surface area contributed by atoms with Crippen LogP contribution in [0.5, 0.6) is 11.5 Å². The Balaban J connectivity index is 1.94. The monoisotopic (exact) mass is 491 g/mol. The van der Waals surface area contributed by atoms with Crippen molar-refractivity contribution < 1.29 is 22.3 Å². The van der Waals surface area contributed by atoms with E-state index in [1.54, 1.807) is 43.5 Å². The van der Waals surface area contributed by atoms with Crippen LogP contribution in [0.3, 0.4) is 0 Å². The van der Waals surface area contributed by atoms with E-state index in [1.165, 1.54) is 7.11 Å². The number of ether oxygens (including phenoxy) is 2. The maximum Gasteiger partial charge on any atom is 0.261 e. The summed E-state index contributed by atoms with van der Waals surface area (Å²) in [6.45, 7) is 5.81. The standard InChI is InChI=1S/C28H29NO5S/c1-18-9-12-22(13-10-18)35(30,31)29-24-17-27(33-5)26(32-4)16-23(24)28(25-14-11-20(3)34-25)21-8-6-7-19(2)15-21/h6-17,28-29H,1-5H3/t28-/m1/s1. The normalized spacial score (nSPS) is 12.3. The van der Waals surface area contributed by atoms with E-state index in [4.69, 9.17) is 13.9 Å². The molecule has 3 aromatic carbocycles. The Labute approximate surface area is 206 Å². The highest BCUT2D eigenvalue weighted by molar-refractivity contribution is 7.92. The van der Waals surface area contributed by atoms with Crippen molar-refractivity contribution in [1.82, 2.24) is 0 Å². The van der Waals surface area contributed by atoms with Crippen LogP contribution in [0.1, 0.15) is 39.7 Å². The van der Waals surface area contributed by atoms with E-state index in [2.05, 4.69) is 10.8 Å². The van der Waals surface area contributed by atoms with Gasteiger partial charge in [0.1, 0.15) is 11.5 Å². The van der Waals surface area contributed by atoms with Crippen LogP contribution in [0.2, 0.25) is 0 Å². The van der Waals surface area contributed by atoms with Gasteiger partial charge in [0.2, 0.25) is 0 Å². The summed E-state index contributed by atoms with van der Waals surface area (Å²) in [6.07, 6.45) is 0. The molecule has 1 aromatic heterocycles. The Morgan fingerprint density at radius 3 is 2.09 bits per heavy atom. The van der Waals surface area contributed by atoms with Crippen LogP contribution in [-0.2, 0) is 10.0 Å². The van der Waals surface area contributed by atoms with Gasteiger partial charge in [0, 0.05) is 6.07 Å². The Kier molecular flexibility index (Phi) is 6.89. The molecule has 4 aromatic rings. The first-order chi connectivity index (χ1) is 16.7. The highest BCUT2D eigenvalue weighted by Gasteiger charge is 2.27. The number of hydrogen-bond donors (Lipinski definition) is 1. The van der Waals surface area contributed by atoms with Gasteiger partial charge in [-0.2, -0.15) is 0 Å². The number of rotatable bonds is 8. The van der Waals surface area contributed by atoms with Crippen molar-refractivity contribution in [1.29, 1.82) is 0 Å². The Bertz CT molecular complexity index is 1440. The molecule has 0 aliphatic rings. The topological polar surface area (TPSA) is 77.8 Å². The number of furan rings is 1. The molecule has 0 aliphatic heterocycles. The van der Waals surface area contributed by atoms with Crippen molar-refractivity contribution in [3.8, 4) is 11.5 Å². The van der Waals surface area contributed by atoms with Crippen molar-refractivity contribution in [3.63, 3.8) is 0 Å². The molecule has 6 nitrogen and oxygen atoms in total. The molecule has 0 amide bonds. The molecular formula is C28H29NO5S. The van der Waals surface area contributed by atoms with Gasteiger partial charge in [-0.3, -0.25) is 4.72 Å². The van der Waals surface area contributed by atoms with Crippen LogP contribution < -0.4 is 14.2 Å². The van der Waals surface area contributed by atoms with Gasteiger partial charge in [-0.15, -0.1) is 0 Å². The zero-order chi connectivity index (χ0) is 25.2. The third-order valence-electron chi connectivity index (χ3n) is 5.86. The Morgan fingerprint density at radius 2 is 1.49 bits per heavy atom. The van der Waals surface area contributed by atoms with E-state index in [1.807, 2.05) is 51.1 Å². The van der Waals surface area contributed by atoms with E-state index in [0.717, 1.165) is 22.5 Å². The quantitative estimate of drug-likeness (QED) is 0.317. The lowest BCUT2D eigenvalue weighted by Crippen LogP contribution is -2.16. The first-order valence-electron chi connectivity index (χ1n) is 11.2. The molecule has 0 aliphatic carbocycles. The fraction of sp³-hybridized carbons (Fsp3) is 0.214. The average molecular weight is 492 g/mol. The Hall–Kier alpha value is -3.71. The van der Waals surface area contributed by atoms with Crippen LogP contribution in [0.25, 0.3) is 0 Å². The van der Waals surface area contributed by atoms with Gasteiger partial charge >= 0.3 is 0 Å². The summed E-state index contributed by atoms with van der Waals surface area (Å²) in [7, 11) is -0.805.